The molecule has 0 saturated carbocycles. The lowest BCUT2D eigenvalue weighted by atomic mass is 10.0. The third-order valence-electron chi connectivity index (χ3n) is 4.35. The van der Waals surface area contributed by atoms with Gasteiger partial charge in [-0.2, -0.15) is 0 Å². The zero-order valence-electron chi connectivity index (χ0n) is 13.9. The van der Waals surface area contributed by atoms with Crippen molar-refractivity contribution in [3.8, 4) is 0 Å². The fraction of sp³-hybridized carbons (Fsp3) is 0.235. The minimum absolute atomic E-state index is 0.0288. The molecule has 132 valence electrons. The largest absolute Gasteiger partial charge is 0.477 e. The molecule has 9 heteroatoms. The summed E-state index contributed by atoms with van der Waals surface area (Å²) in [5.74, 6) is -1.38. The van der Waals surface area contributed by atoms with Gasteiger partial charge < -0.3 is 5.11 Å². The van der Waals surface area contributed by atoms with Crippen LogP contribution in [0.25, 0.3) is 6.08 Å². The average Bonchev–Trinajstić information content (AvgIpc) is 3.23. The highest BCUT2D eigenvalue weighted by Gasteiger charge is 2.49. The molecule has 1 fully saturated rings. The normalized spacial score (nSPS) is 20.1. The lowest BCUT2D eigenvalue weighted by Crippen LogP contribution is -2.51. The van der Waals surface area contributed by atoms with Crippen molar-refractivity contribution >= 4 is 29.7 Å². The van der Waals surface area contributed by atoms with Crippen LogP contribution in [0.1, 0.15) is 11.4 Å². The van der Waals surface area contributed by atoms with Crippen LogP contribution in [0.4, 0.5) is 0 Å². The Bertz CT molecular complexity index is 965. The van der Waals surface area contributed by atoms with Crippen LogP contribution in [-0.4, -0.2) is 42.3 Å². The summed E-state index contributed by atoms with van der Waals surface area (Å²) in [6, 6.07) is 6.02. The van der Waals surface area contributed by atoms with Gasteiger partial charge in [-0.3, -0.25) is 9.69 Å². The van der Waals surface area contributed by atoms with Crippen LogP contribution in [0, 0.1) is 6.92 Å². The van der Waals surface area contributed by atoms with Crippen LogP contribution in [0.2, 0.25) is 0 Å². The Morgan fingerprint density at radius 3 is 3.08 bits per heavy atom. The van der Waals surface area contributed by atoms with E-state index in [1.807, 2.05) is 31.3 Å². The van der Waals surface area contributed by atoms with Crippen molar-refractivity contribution in [1.82, 2.24) is 19.9 Å². The summed E-state index contributed by atoms with van der Waals surface area (Å²) in [5, 5.41) is 18.5. The molecule has 2 aliphatic rings. The van der Waals surface area contributed by atoms with Gasteiger partial charge in [0.25, 0.3) is 5.91 Å². The predicted molar refractivity (Wildman–Crippen MR) is 93.3 cm³/mol. The summed E-state index contributed by atoms with van der Waals surface area (Å²) in [5.41, 5.74) is 2.33. The molecule has 1 atom stereocenters. The maximum absolute atomic E-state index is 12.2. The molecular weight excluding hydrogens is 354 g/mol. The number of carbonyl (C=O) groups excluding carboxylic acids is 1. The lowest BCUT2D eigenvalue weighted by Gasteiger charge is -2.36. The number of aryl methyl sites for hydroxylation is 3. The molecule has 1 N–H and O–H groups in total. The molecule has 0 bridgehead atoms. The molecule has 1 saturated heterocycles. The lowest BCUT2D eigenvalue weighted by molar-refractivity contribution is -0.704. The van der Waals surface area contributed by atoms with Crippen molar-refractivity contribution in [2.75, 3.05) is 0 Å². The molecule has 2 aromatic heterocycles. The van der Waals surface area contributed by atoms with Crippen LogP contribution in [0.15, 0.2) is 47.3 Å². The number of thioether (sulfide) groups is 1. The zero-order chi connectivity index (χ0) is 18.3. The third-order valence-corrected chi connectivity index (χ3v) is 5.43. The number of carboxylic acid groups (broad SMARTS) is 1. The fourth-order valence-electron chi connectivity index (χ4n) is 2.94. The van der Waals surface area contributed by atoms with Crippen molar-refractivity contribution < 1.29 is 19.3 Å². The first-order valence-electron chi connectivity index (χ1n) is 8.04. The summed E-state index contributed by atoms with van der Waals surface area (Å²) >= 11 is 1.31. The highest BCUT2D eigenvalue weighted by molar-refractivity contribution is 8.03. The molecule has 0 aliphatic carbocycles. The van der Waals surface area contributed by atoms with E-state index in [4.69, 9.17) is 5.11 Å². The number of aromatic nitrogens is 4. The standard InChI is InChI=1S/C17H15N5O3S/c1-11-4-2-3-5-20(11)6-7-21-9-12(18-19-21)8-13-15(23)22-14(17(24)25)10-26-16(13)22/h2-5,8-10,16H,6-7H2,1H3/p+1/b13-8-/t16-/m1/s1. The molecule has 2 aliphatic heterocycles. The maximum Gasteiger partial charge on any atom is 0.353 e. The third kappa shape index (κ3) is 2.80. The second-order valence-electron chi connectivity index (χ2n) is 6.01. The molecule has 0 spiro atoms. The van der Waals surface area contributed by atoms with E-state index in [9.17, 15) is 9.59 Å². The summed E-state index contributed by atoms with van der Waals surface area (Å²) in [6.45, 7) is 3.47. The first-order chi connectivity index (χ1) is 12.5. The number of rotatable bonds is 5. The summed E-state index contributed by atoms with van der Waals surface area (Å²) in [4.78, 5) is 24.6. The Morgan fingerprint density at radius 2 is 2.31 bits per heavy atom. The Kier molecular flexibility index (Phi) is 4.08. The summed E-state index contributed by atoms with van der Waals surface area (Å²) in [6.07, 6.45) is 5.48. The van der Waals surface area contributed by atoms with Gasteiger partial charge in [-0.1, -0.05) is 11.3 Å². The van der Waals surface area contributed by atoms with Crippen molar-refractivity contribution in [3.05, 3.63) is 58.7 Å². The molecule has 4 heterocycles. The van der Waals surface area contributed by atoms with E-state index in [1.54, 1.807) is 17.0 Å². The highest BCUT2D eigenvalue weighted by Crippen LogP contribution is 2.44. The van der Waals surface area contributed by atoms with Crippen LogP contribution in [-0.2, 0) is 22.7 Å². The number of hydrogen-bond acceptors (Lipinski definition) is 5. The molecular formula is C17H16N5O3S+. The minimum atomic E-state index is -1.09. The van der Waals surface area contributed by atoms with E-state index in [0.717, 1.165) is 12.2 Å². The Balaban J connectivity index is 1.43. The SMILES string of the molecule is Cc1cccc[n+]1CCn1cc(/C=C2/C(=O)N3C(C(=O)O)=CS[C@H]23)nn1. The maximum atomic E-state index is 12.2. The summed E-state index contributed by atoms with van der Waals surface area (Å²) in [7, 11) is 0. The van der Waals surface area contributed by atoms with Crippen molar-refractivity contribution in [1.29, 1.82) is 0 Å². The van der Waals surface area contributed by atoms with Gasteiger partial charge in [-0.05, 0) is 6.08 Å². The molecule has 0 radical (unpaired) electrons. The molecule has 0 aromatic carbocycles. The van der Waals surface area contributed by atoms with Crippen LogP contribution in [0.3, 0.4) is 0 Å². The number of β-lactam (4-membered cyclic amide) rings is 1. The molecule has 26 heavy (non-hydrogen) atoms. The topological polar surface area (TPSA) is 92.2 Å². The van der Waals surface area contributed by atoms with E-state index in [0.29, 0.717) is 17.8 Å². The second-order valence-corrected chi connectivity index (χ2v) is 6.97. The van der Waals surface area contributed by atoms with E-state index in [-0.39, 0.29) is 17.0 Å². The molecule has 2 aromatic rings. The Hall–Kier alpha value is -2.94. The highest BCUT2D eigenvalue weighted by atomic mass is 32.2. The number of amides is 1. The van der Waals surface area contributed by atoms with Crippen molar-refractivity contribution in [2.45, 2.75) is 25.4 Å². The van der Waals surface area contributed by atoms with Gasteiger partial charge in [0.15, 0.2) is 18.4 Å². The van der Waals surface area contributed by atoms with Gasteiger partial charge in [-0.15, -0.1) is 16.9 Å². The number of aliphatic carboxylic acids is 1. The number of carbonyl (C=O) groups is 2. The van der Waals surface area contributed by atoms with Crippen LogP contribution < -0.4 is 4.57 Å². The molecule has 4 rings (SSSR count). The quantitative estimate of drug-likeness (QED) is 0.475. The van der Waals surface area contributed by atoms with Gasteiger partial charge in [0.05, 0.1) is 11.8 Å². The summed E-state index contributed by atoms with van der Waals surface area (Å²) < 4.78 is 3.86. The fourth-order valence-corrected chi connectivity index (χ4v) is 4.06. The number of fused-ring (bicyclic) bond motifs is 1. The first kappa shape index (κ1) is 16.5. The number of carboxylic acids is 1. The van der Waals surface area contributed by atoms with Crippen molar-refractivity contribution in [3.63, 3.8) is 0 Å². The van der Waals surface area contributed by atoms with E-state index < -0.39 is 5.97 Å². The van der Waals surface area contributed by atoms with E-state index in [1.165, 1.54) is 22.1 Å². The van der Waals surface area contributed by atoms with Crippen LogP contribution >= 0.6 is 11.8 Å². The monoisotopic (exact) mass is 370 g/mol. The predicted octanol–water partition coefficient (Wildman–Crippen LogP) is 0.799. The van der Waals surface area contributed by atoms with E-state index in [2.05, 4.69) is 14.9 Å². The number of pyridine rings is 1. The molecule has 8 nitrogen and oxygen atoms in total. The number of hydrogen-bond donors (Lipinski definition) is 1. The minimum Gasteiger partial charge on any atom is -0.477 e. The second kappa shape index (κ2) is 6.41. The Morgan fingerprint density at radius 1 is 1.46 bits per heavy atom. The molecule has 1 amide bonds. The van der Waals surface area contributed by atoms with Crippen LogP contribution in [0.5, 0.6) is 0 Å². The smallest absolute Gasteiger partial charge is 0.353 e. The van der Waals surface area contributed by atoms with Gasteiger partial charge in [-0.25, -0.2) is 14.0 Å². The van der Waals surface area contributed by atoms with Gasteiger partial charge in [0, 0.05) is 24.5 Å². The first-order valence-corrected chi connectivity index (χ1v) is 8.98. The Labute approximate surface area is 153 Å². The molecule has 0 unspecified atom stereocenters. The zero-order valence-corrected chi connectivity index (χ0v) is 14.8. The van der Waals surface area contributed by atoms with Gasteiger partial charge in [0.2, 0.25) is 0 Å². The van der Waals surface area contributed by atoms with Gasteiger partial charge in [0.1, 0.15) is 23.3 Å². The average molecular weight is 370 g/mol. The number of nitrogens with zero attached hydrogens (tertiary/aromatic N) is 5. The van der Waals surface area contributed by atoms with Gasteiger partial charge >= 0.3 is 5.97 Å². The van der Waals surface area contributed by atoms with E-state index >= 15 is 0 Å². The van der Waals surface area contributed by atoms with Crippen molar-refractivity contribution in [2.24, 2.45) is 0 Å².